The summed E-state index contributed by atoms with van der Waals surface area (Å²) < 4.78 is 35.6. The van der Waals surface area contributed by atoms with Gasteiger partial charge in [-0.3, -0.25) is 4.79 Å². The predicted molar refractivity (Wildman–Crippen MR) is 51.4 cm³/mol. The van der Waals surface area contributed by atoms with Crippen molar-refractivity contribution >= 4 is 12.0 Å². The van der Waals surface area contributed by atoms with Crippen LogP contribution in [0.15, 0.2) is 0 Å². The van der Waals surface area contributed by atoms with Crippen LogP contribution in [0.2, 0.25) is 0 Å². The van der Waals surface area contributed by atoms with Crippen LogP contribution in [-0.2, 0) is 4.79 Å². The fourth-order valence-corrected chi connectivity index (χ4v) is 1.60. The van der Waals surface area contributed by atoms with Crippen molar-refractivity contribution in [2.45, 2.75) is 19.5 Å². The van der Waals surface area contributed by atoms with Gasteiger partial charge in [-0.05, 0) is 13.3 Å². The monoisotopic (exact) mass is 254 g/mol. The highest BCUT2D eigenvalue weighted by Gasteiger charge is 2.42. The number of carbonyl (C=O) groups excluding carboxylic acids is 1. The van der Waals surface area contributed by atoms with Gasteiger partial charge in [-0.25, -0.2) is 4.79 Å². The van der Waals surface area contributed by atoms with E-state index < -0.39 is 30.1 Å². The largest absolute Gasteiger partial charge is 0.481 e. The summed E-state index contributed by atoms with van der Waals surface area (Å²) in [6.07, 6.45) is -4.23. The van der Waals surface area contributed by atoms with Crippen LogP contribution in [0.1, 0.15) is 13.3 Å². The van der Waals surface area contributed by atoms with Gasteiger partial charge in [0.15, 0.2) is 0 Å². The number of carboxylic acids is 1. The minimum atomic E-state index is -4.47. The molecule has 2 amide bonds. The van der Waals surface area contributed by atoms with Crippen molar-refractivity contribution in [2.75, 3.05) is 19.6 Å². The maximum atomic E-state index is 11.9. The quantitative estimate of drug-likeness (QED) is 0.774. The molecule has 1 fully saturated rings. The number of nitrogens with zero attached hydrogens (tertiary/aromatic N) is 1. The molecule has 0 saturated carbocycles. The van der Waals surface area contributed by atoms with Gasteiger partial charge in [0.05, 0.1) is 5.41 Å². The van der Waals surface area contributed by atoms with Gasteiger partial charge in [-0.2, -0.15) is 13.2 Å². The molecule has 0 spiro atoms. The van der Waals surface area contributed by atoms with E-state index in [1.54, 1.807) is 5.32 Å². The molecule has 0 aromatic rings. The summed E-state index contributed by atoms with van der Waals surface area (Å²) in [5.41, 5.74) is -1.07. The third-order valence-electron chi connectivity index (χ3n) is 2.72. The van der Waals surface area contributed by atoms with Crippen LogP contribution in [0.4, 0.5) is 18.0 Å². The molecule has 0 aromatic heterocycles. The second-order valence-electron chi connectivity index (χ2n) is 4.31. The van der Waals surface area contributed by atoms with E-state index in [0.29, 0.717) is 0 Å². The SMILES string of the molecule is CC1(C(=O)O)CCN(C(=O)NCC(F)(F)F)C1. The number of hydrogen-bond donors (Lipinski definition) is 2. The van der Waals surface area contributed by atoms with Crippen molar-refractivity contribution in [3.8, 4) is 0 Å². The van der Waals surface area contributed by atoms with Gasteiger partial charge in [0.2, 0.25) is 0 Å². The average Bonchev–Trinajstić information content (AvgIpc) is 2.58. The zero-order valence-corrected chi connectivity index (χ0v) is 9.17. The Bertz CT molecular complexity index is 332. The summed E-state index contributed by atoms with van der Waals surface area (Å²) in [5, 5.41) is 10.6. The summed E-state index contributed by atoms with van der Waals surface area (Å²) >= 11 is 0. The third kappa shape index (κ3) is 3.50. The number of amides is 2. The minimum Gasteiger partial charge on any atom is -0.481 e. The van der Waals surface area contributed by atoms with Crippen molar-refractivity contribution in [3.05, 3.63) is 0 Å². The van der Waals surface area contributed by atoms with Gasteiger partial charge < -0.3 is 15.3 Å². The highest BCUT2D eigenvalue weighted by molar-refractivity contribution is 5.79. The van der Waals surface area contributed by atoms with E-state index in [-0.39, 0.29) is 19.5 Å². The molecule has 98 valence electrons. The fourth-order valence-electron chi connectivity index (χ4n) is 1.60. The molecule has 8 heteroatoms. The Morgan fingerprint density at radius 2 is 2.06 bits per heavy atom. The molecule has 0 aromatic carbocycles. The number of nitrogens with one attached hydrogen (secondary N) is 1. The zero-order valence-electron chi connectivity index (χ0n) is 9.17. The highest BCUT2D eigenvalue weighted by Crippen LogP contribution is 2.30. The van der Waals surface area contributed by atoms with E-state index in [9.17, 15) is 22.8 Å². The van der Waals surface area contributed by atoms with Gasteiger partial charge in [-0.15, -0.1) is 0 Å². The van der Waals surface area contributed by atoms with Crippen LogP contribution >= 0.6 is 0 Å². The highest BCUT2D eigenvalue weighted by atomic mass is 19.4. The van der Waals surface area contributed by atoms with Gasteiger partial charge >= 0.3 is 18.2 Å². The average molecular weight is 254 g/mol. The van der Waals surface area contributed by atoms with E-state index in [2.05, 4.69) is 0 Å². The first kappa shape index (κ1) is 13.6. The minimum absolute atomic E-state index is 0.0774. The molecule has 2 N–H and O–H groups in total. The Balaban J connectivity index is 2.49. The molecule has 1 unspecified atom stereocenters. The van der Waals surface area contributed by atoms with Crippen LogP contribution in [0, 0.1) is 5.41 Å². The number of alkyl halides is 3. The molecular weight excluding hydrogens is 241 g/mol. The van der Waals surface area contributed by atoms with Crippen molar-refractivity contribution in [1.29, 1.82) is 0 Å². The summed E-state index contributed by atoms with van der Waals surface area (Å²) in [6, 6.07) is -0.882. The Hall–Kier alpha value is -1.47. The number of carbonyl (C=O) groups is 2. The number of aliphatic carboxylic acids is 1. The molecule has 1 rings (SSSR count). The Morgan fingerprint density at radius 3 is 2.47 bits per heavy atom. The molecular formula is C9H13F3N2O3. The summed E-state index contributed by atoms with van der Waals surface area (Å²) in [5.74, 6) is -1.05. The van der Waals surface area contributed by atoms with E-state index in [1.807, 2.05) is 0 Å². The van der Waals surface area contributed by atoms with Crippen LogP contribution in [-0.4, -0.2) is 47.8 Å². The maximum absolute atomic E-state index is 11.9. The molecule has 1 saturated heterocycles. The molecule has 1 aliphatic heterocycles. The number of hydrogen-bond acceptors (Lipinski definition) is 2. The van der Waals surface area contributed by atoms with Gasteiger partial charge in [0.25, 0.3) is 0 Å². The lowest BCUT2D eigenvalue weighted by molar-refractivity contribution is -0.147. The molecule has 0 aliphatic carbocycles. The first-order valence-electron chi connectivity index (χ1n) is 4.97. The number of urea groups is 1. The first-order chi connectivity index (χ1) is 7.64. The van der Waals surface area contributed by atoms with E-state index in [0.717, 1.165) is 4.90 Å². The van der Waals surface area contributed by atoms with Crippen LogP contribution in [0.5, 0.6) is 0 Å². The van der Waals surface area contributed by atoms with Crippen molar-refractivity contribution in [2.24, 2.45) is 5.41 Å². The predicted octanol–water partition coefficient (Wildman–Crippen LogP) is 1.05. The van der Waals surface area contributed by atoms with Crippen molar-refractivity contribution in [3.63, 3.8) is 0 Å². The normalized spacial score (nSPS) is 24.8. The van der Waals surface area contributed by atoms with Crippen LogP contribution < -0.4 is 5.32 Å². The number of halogens is 3. The van der Waals surface area contributed by atoms with Crippen molar-refractivity contribution < 1.29 is 27.9 Å². The second-order valence-corrected chi connectivity index (χ2v) is 4.31. The second kappa shape index (κ2) is 4.42. The third-order valence-corrected chi connectivity index (χ3v) is 2.72. The molecule has 1 atom stereocenters. The van der Waals surface area contributed by atoms with Crippen LogP contribution in [0.3, 0.4) is 0 Å². The lowest BCUT2D eigenvalue weighted by atomic mass is 9.90. The van der Waals surface area contributed by atoms with Crippen molar-refractivity contribution in [1.82, 2.24) is 10.2 Å². The lowest BCUT2D eigenvalue weighted by Crippen LogP contribution is -2.44. The molecule has 1 aliphatic rings. The number of likely N-dealkylation sites (tertiary alicyclic amines) is 1. The van der Waals surface area contributed by atoms with Gasteiger partial charge in [-0.1, -0.05) is 0 Å². The first-order valence-corrected chi connectivity index (χ1v) is 4.97. The number of carboxylic acid groups (broad SMARTS) is 1. The van der Waals surface area contributed by atoms with E-state index in [1.165, 1.54) is 6.92 Å². The maximum Gasteiger partial charge on any atom is 0.405 e. The molecule has 5 nitrogen and oxygen atoms in total. The summed E-state index contributed by atoms with van der Waals surface area (Å²) in [4.78, 5) is 23.3. The molecule has 17 heavy (non-hydrogen) atoms. The molecule has 0 bridgehead atoms. The Morgan fingerprint density at radius 1 is 1.47 bits per heavy atom. The van der Waals surface area contributed by atoms with Crippen LogP contribution in [0.25, 0.3) is 0 Å². The standard InChI is InChI=1S/C9H13F3N2O3/c1-8(6(15)16)2-3-14(5-8)7(17)13-4-9(10,11)12/h2-5H2,1H3,(H,13,17)(H,15,16). The summed E-state index contributed by atoms with van der Waals surface area (Å²) in [6.45, 7) is 0.122. The Kier molecular flexibility index (Phi) is 3.53. The molecule has 1 heterocycles. The summed E-state index contributed by atoms with van der Waals surface area (Å²) in [7, 11) is 0. The topological polar surface area (TPSA) is 69.6 Å². The smallest absolute Gasteiger partial charge is 0.405 e. The van der Waals surface area contributed by atoms with Gasteiger partial charge in [0.1, 0.15) is 6.54 Å². The molecule has 0 radical (unpaired) electrons. The van der Waals surface area contributed by atoms with E-state index in [4.69, 9.17) is 5.11 Å². The Labute approximate surface area is 95.6 Å². The van der Waals surface area contributed by atoms with E-state index >= 15 is 0 Å². The zero-order chi connectivity index (χ0) is 13.3. The lowest BCUT2D eigenvalue weighted by Gasteiger charge is -2.20. The number of rotatable bonds is 2. The fraction of sp³-hybridized carbons (Fsp3) is 0.778. The van der Waals surface area contributed by atoms with Gasteiger partial charge in [0, 0.05) is 13.1 Å².